The predicted octanol–water partition coefficient (Wildman–Crippen LogP) is 3.08. The van der Waals surface area contributed by atoms with Crippen LogP contribution in [0.3, 0.4) is 0 Å². The van der Waals surface area contributed by atoms with Crippen molar-refractivity contribution in [1.82, 2.24) is 0 Å². The summed E-state index contributed by atoms with van der Waals surface area (Å²) >= 11 is 0. The lowest BCUT2D eigenvalue weighted by Crippen LogP contribution is -2.33. The van der Waals surface area contributed by atoms with E-state index in [2.05, 4.69) is 17.4 Å². The first-order valence-electron chi connectivity index (χ1n) is 5.97. The quantitative estimate of drug-likeness (QED) is 0.812. The number of nitrogens with zero attached hydrogens (tertiary/aromatic N) is 1. The molecule has 0 saturated carbocycles. The van der Waals surface area contributed by atoms with Crippen LogP contribution in [0.2, 0.25) is 0 Å². The first-order chi connectivity index (χ1) is 8.84. The Kier molecular flexibility index (Phi) is 2.73. The Hall–Kier alpha value is -2.29. The van der Waals surface area contributed by atoms with Crippen molar-refractivity contribution in [2.75, 3.05) is 16.8 Å². The molecule has 0 unspecified atom stereocenters. The first kappa shape index (κ1) is 10.8. The van der Waals surface area contributed by atoms with E-state index in [1.165, 1.54) is 5.56 Å². The second kappa shape index (κ2) is 4.53. The number of hydrogen-bond acceptors (Lipinski definition) is 1. The zero-order valence-corrected chi connectivity index (χ0v) is 9.89. The van der Waals surface area contributed by atoms with Gasteiger partial charge in [-0.05, 0) is 36.2 Å². The van der Waals surface area contributed by atoms with Gasteiger partial charge < -0.3 is 5.32 Å². The summed E-state index contributed by atoms with van der Waals surface area (Å²) in [5.41, 5.74) is 3.04. The van der Waals surface area contributed by atoms with E-state index in [0.717, 1.165) is 24.3 Å². The van der Waals surface area contributed by atoms with Crippen molar-refractivity contribution in [3.63, 3.8) is 0 Å². The summed E-state index contributed by atoms with van der Waals surface area (Å²) in [6.07, 6.45) is 0.923. The molecule has 2 amide bonds. The summed E-state index contributed by atoms with van der Waals surface area (Å²) in [6, 6.07) is 18.1. The van der Waals surface area contributed by atoms with Gasteiger partial charge in [-0.15, -0.1) is 0 Å². The van der Waals surface area contributed by atoms with Crippen LogP contribution in [-0.2, 0) is 6.42 Å². The Morgan fingerprint density at radius 2 is 1.94 bits per heavy atom. The number of amides is 2. The van der Waals surface area contributed by atoms with Crippen LogP contribution in [0.15, 0.2) is 48.5 Å². The number of rotatable bonds is 1. The molecule has 1 aliphatic heterocycles. The summed E-state index contributed by atoms with van der Waals surface area (Å²) in [7, 11) is 0. The summed E-state index contributed by atoms with van der Waals surface area (Å²) in [5.74, 6) is 0. The Morgan fingerprint density at radius 3 is 2.78 bits per heavy atom. The molecule has 0 fully saturated rings. The molecular weight excluding hydrogens is 224 g/mol. The van der Waals surface area contributed by atoms with Crippen molar-refractivity contribution in [2.24, 2.45) is 0 Å². The highest BCUT2D eigenvalue weighted by molar-refractivity contribution is 6.03. The van der Waals surface area contributed by atoms with E-state index >= 15 is 0 Å². The molecule has 2 aromatic carbocycles. The van der Waals surface area contributed by atoms with Gasteiger partial charge in [0, 0.05) is 17.9 Å². The van der Waals surface area contributed by atoms with Crippen LogP contribution in [0, 0.1) is 6.07 Å². The Balaban J connectivity index is 1.79. The smallest absolute Gasteiger partial charge is 0.308 e. The molecule has 89 valence electrons. The van der Waals surface area contributed by atoms with E-state index in [1.54, 1.807) is 17.0 Å². The van der Waals surface area contributed by atoms with Crippen LogP contribution < -0.4 is 10.2 Å². The van der Waals surface area contributed by atoms with Gasteiger partial charge in [-0.1, -0.05) is 30.3 Å². The van der Waals surface area contributed by atoms with E-state index in [9.17, 15) is 4.79 Å². The monoisotopic (exact) mass is 237 g/mol. The molecule has 0 aromatic heterocycles. The topological polar surface area (TPSA) is 32.3 Å². The van der Waals surface area contributed by atoms with Crippen LogP contribution in [0.4, 0.5) is 16.2 Å². The standard InChI is InChI=1S/C15H13N2O/c18-15(16-13-7-2-1-3-8-13)17-11-10-12-6-4-5-9-14(12)17/h2-9H,10-11H2,(H,16,18). The molecule has 0 aliphatic carbocycles. The molecule has 0 bridgehead atoms. The fraction of sp³-hybridized carbons (Fsp3) is 0.133. The van der Waals surface area contributed by atoms with Crippen molar-refractivity contribution in [3.05, 3.63) is 60.2 Å². The minimum Gasteiger partial charge on any atom is -0.308 e. The fourth-order valence-electron chi connectivity index (χ4n) is 2.21. The summed E-state index contributed by atoms with van der Waals surface area (Å²) < 4.78 is 0. The molecule has 1 heterocycles. The SMILES string of the molecule is O=C(Nc1cc[c]cc1)N1CCc2ccccc21. The molecule has 3 heteroatoms. The lowest BCUT2D eigenvalue weighted by Gasteiger charge is -2.17. The summed E-state index contributed by atoms with van der Waals surface area (Å²) in [5, 5.41) is 2.89. The van der Waals surface area contributed by atoms with Gasteiger partial charge >= 0.3 is 6.03 Å². The highest BCUT2D eigenvalue weighted by Gasteiger charge is 2.23. The maximum Gasteiger partial charge on any atom is 0.326 e. The maximum atomic E-state index is 12.2. The van der Waals surface area contributed by atoms with Crippen molar-refractivity contribution in [3.8, 4) is 0 Å². The number of urea groups is 1. The number of carbonyl (C=O) groups is 1. The molecule has 0 atom stereocenters. The van der Waals surface area contributed by atoms with Crippen molar-refractivity contribution >= 4 is 17.4 Å². The minimum atomic E-state index is -0.0776. The van der Waals surface area contributed by atoms with Crippen LogP contribution in [0.5, 0.6) is 0 Å². The maximum absolute atomic E-state index is 12.2. The van der Waals surface area contributed by atoms with Gasteiger partial charge in [0.05, 0.1) is 0 Å². The summed E-state index contributed by atoms with van der Waals surface area (Å²) in [4.78, 5) is 14.0. The zero-order valence-electron chi connectivity index (χ0n) is 9.89. The molecule has 3 rings (SSSR count). The Labute approximate surface area is 106 Å². The van der Waals surface area contributed by atoms with Crippen LogP contribution in [0.1, 0.15) is 5.56 Å². The highest BCUT2D eigenvalue weighted by Crippen LogP contribution is 2.27. The number of anilines is 2. The molecule has 2 aromatic rings. The highest BCUT2D eigenvalue weighted by atomic mass is 16.2. The third kappa shape index (κ3) is 1.95. The molecule has 18 heavy (non-hydrogen) atoms. The number of benzene rings is 2. The van der Waals surface area contributed by atoms with E-state index < -0.39 is 0 Å². The third-order valence-electron chi connectivity index (χ3n) is 3.10. The average molecular weight is 237 g/mol. The van der Waals surface area contributed by atoms with Gasteiger partial charge in [-0.2, -0.15) is 0 Å². The van der Waals surface area contributed by atoms with Gasteiger partial charge in [0.15, 0.2) is 0 Å². The Morgan fingerprint density at radius 1 is 1.17 bits per heavy atom. The number of fused-ring (bicyclic) bond motifs is 1. The lowest BCUT2D eigenvalue weighted by molar-refractivity contribution is 0.257. The van der Waals surface area contributed by atoms with E-state index in [0.29, 0.717) is 0 Å². The van der Waals surface area contributed by atoms with Crippen LogP contribution in [0.25, 0.3) is 0 Å². The van der Waals surface area contributed by atoms with Gasteiger partial charge in [-0.3, -0.25) is 4.90 Å². The van der Waals surface area contributed by atoms with E-state index in [4.69, 9.17) is 0 Å². The fourth-order valence-corrected chi connectivity index (χ4v) is 2.21. The number of para-hydroxylation sites is 1. The first-order valence-corrected chi connectivity index (χ1v) is 5.97. The van der Waals surface area contributed by atoms with Crippen molar-refractivity contribution < 1.29 is 4.79 Å². The predicted molar refractivity (Wildman–Crippen MR) is 71.8 cm³/mol. The lowest BCUT2D eigenvalue weighted by atomic mass is 10.2. The molecule has 1 N–H and O–H groups in total. The normalized spacial score (nSPS) is 13.2. The molecular formula is C15H13N2O. The largest absolute Gasteiger partial charge is 0.326 e. The van der Waals surface area contributed by atoms with Crippen molar-refractivity contribution in [2.45, 2.75) is 6.42 Å². The van der Waals surface area contributed by atoms with Crippen molar-refractivity contribution in [1.29, 1.82) is 0 Å². The van der Waals surface area contributed by atoms with Gasteiger partial charge in [-0.25, -0.2) is 4.79 Å². The van der Waals surface area contributed by atoms with Gasteiger partial charge in [0.25, 0.3) is 0 Å². The van der Waals surface area contributed by atoms with Gasteiger partial charge in [0.1, 0.15) is 0 Å². The molecule has 0 spiro atoms. The number of nitrogens with one attached hydrogen (secondary N) is 1. The van der Waals surface area contributed by atoms with Crippen LogP contribution >= 0.6 is 0 Å². The second-order valence-corrected chi connectivity index (χ2v) is 4.25. The Bertz CT molecular complexity index is 566. The second-order valence-electron chi connectivity index (χ2n) is 4.25. The van der Waals surface area contributed by atoms with Crippen LogP contribution in [-0.4, -0.2) is 12.6 Å². The third-order valence-corrected chi connectivity index (χ3v) is 3.10. The summed E-state index contributed by atoms with van der Waals surface area (Å²) in [6.45, 7) is 0.740. The molecule has 0 saturated heterocycles. The average Bonchev–Trinajstić information content (AvgIpc) is 2.84. The zero-order chi connectivity index (χ0) is 12.4. The number of carbonyl (C=O) groups excluding carboxylic acids is 1. The van der Waals surface area contributed by atoms with Gasteiger partial charge in [0.2, 0.25) is 0 Å². The minimum absolute atomic E-state index is 0.0776. The molecule has 1 radical (unpaired) electrons. The number of hydrogen-bond donors (Lipinski definition) is 1. The van der Waals surface area contributed by atoms with E-state index in [-0.39, 0.29) is 6.03 Å². The van der Waals surface area contributed by atoms with E-state index in [1.807, 2.05) is 30.3 Å². The molecule has 1 aliphatic rings. The molecule has 3 nitrogen and oxygen atoms in total.